The molecule has 0 spiro atoms. The first-order chi connectivity index (χ1) is 25.6. The Morgan fingerprint density at radius 1 is 0.481 bits per heavy atom. The van der Waals surface area contributed by atoms with E-state index in [-0.39, 0.29) is 5.41 Å². The largest absolute Gasteiger partial charge is 0.455 e. The summed E-state index contributed by atoms with van der Waals surface area (Å²) in [5.74, 6) is 0. The molecule has 0 N–H and O–H groups in total. The summed E-state index contributed by atoms with van der Waals surface area (Å²) in [6.07, 6.45) is 0. The molecule has 3 heteroatoms. The van der Waals surface area contributed by atoms with Gasteiger partial charge in [-0.25, -0.2) is 0 Å². The molecule has 1 aliphatic rings. The van der Waals surface area contributed by atoms with Gasteiger partial charge < -0.3 is 9.32 Å². The van der Waals surface area contributed by atoms with Crippen molar-refractivity contribution in [3.8, 4) is 22.3 Å². The van der Waals surface area contributed by atoms with Gasteiger partial charge in [0.15, 0.2) is 0 Å². The van der Waals surface area contributed by atoms with Crippen LogP contribution in [0.5, 0.6) is 0 Å². The fourth-order valence-corrected chi connectivity index (χ4v) is 10.0. The van der Waals surface area contributed by atoms with Crippen LogP contribution in [0.25, 0.3) is 75.1 Å². The number of hydrogen-bond acceptors (Lipinski definition) is 3. The number of fused-ring (bicyclic) bond motifs is 13. The molecule has 2 aromatic heterocycles. The number of para-hydroxylation sites is 2. The van der Waals surface area contributed by atoms with Gasteiger partial charge in [-0.05, 0) is 81.6 Å². The van der Waals surface area contributed by atoms with E-state index in [1.165, 1.54) is 58.6 Å². The molecule has 0 saturated carbocycles. The van der Waals surface area contributed by atoms with Gasteiger partial charge in [-0.3, -0.25) is 0 Å². The second-order valence-electron chi connectivity index (χ2n) is 14.5. The number of rotatable bonds is 4. The van der Waals surface area contributed by atoms with Gasteiger partial charge in [0.2, 0.25) is 0 Å². The molecule has 0 radical (unpaired) electrons. The molecule has 0 unspecified atom stereocenters. The molecule has 0 saturated heterocycles. The molecular weight excluding hydrogens is 651 g/mol. The van der Waals surface area contributed by atoms with Gasteiger partial charge in [-0.2, -0.15) is 0 Å². The summed E-state index contributed by atoms with van der Waals surface area (Å²) >= 11 is 1.86. The Bertz CT molecular complexity index is 3040. The SMILES string of the molecule is CC1(C)c2ccc(N(c3ccccc3)c3ccc4sc5ccccc5c4c3)cc2-c2c1c1ccccc1c1c2oc2c(-c3ccccc3)cccc21. The molecule has 246 valence electrons. The highest BCUT2D eigenvalue weighted by atomic mass is 32.1. The van der Waals surface area contributed by atoms with Gasteiger partial charge in [-0.15, -0.1) is 11.3 Å². The average molecular weight is 684 g/mol. The Morgan fingerprint density at radius 3 is 1.96 bits per heavy atom. The first-order valence-corrected chi connectivity index (χ1v) is 18.7. The predicted molar refractivity (Wildman–Crippen MR) is 222 cm³/mol. The van der Waals surface area contributed by atoms with Crippen molar-refractivity contribution in [2.75, 3.05) is 4.90 Å². The van der Waals surface area contributed by atoms with Crippen LogP contribution in [0.1, 0.15) is 25.0 Å². The first-order valence-electron chi connectivity index (χ1n) is 17.9. The highest BCUT2D eigenvalue weighted by Gasteiger charge is 2.40. The van der Waals surface area contributed by atoms with E-state index in [9.17, 15) is 0 Å². The molecule has 0 amide bonds. The smallest absolute Gasteiger partial charge is 0.144 e. The van der Waals surface area contributed by atoms with E-state index in [1.807, 2.05) is 11.3 Å². The lowest BCUT2D eigenvalue weighted by molar-refractivity contribution is 0.658. The maximum Gasteiger partial charge on any atom is 0.144 e. The molecule has 1 aliphatic carbocycles. The fourth-order valence-electron chi connectivity index (χ4n) is 8.92. The number of nitrogens with zero attached hydrogens (tertiary/aromatic N) is 1. The minimum absolute atomic E-state index is 0.232. The van der Waals surface area contributed by atoms with E-state index in [0.29, 0.717) is 0 Å². The van der Waals surface area contributed by atoms with Crippen LogP contribution in [0.15, 0.2) is 168 Å². The standard InChI is InChI=1S/C49H33NOS/c1-49(2)41-26-24-32(50(31-16-7-4-8-17-31)33-25-27-43-39(28-33)35-18-11-12-23-42(35)52-43)29-40(41)45-46(49)37-20-10-9-19-36(37)44-38-22-13-21-34(47(38)51-48(44)45)30-14-5-3-6-15-30/h3-29H,1-2H3. The van der Waals surface area contributed by atoms with Gasteiger partial charge in [0, 0.05) is 64.5 Å². The van der Waals surface area contributed by atoms with Gasteiger partial charge >= 0.3 is 0 Å². The lowest BCUT2D eigenvalue weighted by Crippen LogP contribution is -2.16. The van der Waals surface area contributed by atoms with Crippen LogP contribution in [0.2, 0.25) is 0 Å². The Hall–Kier alpha value is -6.16. The molecule has 11 rings (SSSR count). The minimum atomic E-state index is -0.232. The number of thiophene rings is 1. The van der Waals surface area contributed by atoms with E-state index in [1.54, 1.807) is 0 Å². The summed E-state index contributed by atoms with van der Waals surface area (Å²) in [4.78, 5) is 2.40. The third-order valence-corrected chi connectivity index (χ3v) is 12.4. The summed E-state index contributed by atoms with van der Waals surface area (Å²) in [5.41, 5.74) is 12.4. The highest BCUT2D eigenvalue weighted by Crippen LogP contribution is 2.57. The lowest BCUT2D eigenvalue weighted by atomic mass is 9.79. The quantitative estimate of drug-likeness (QED) is 0.184. The van der Waals surface area contributed by atoms with Crippen LogP contribution in [-0.2, 0) is 5.41 Å². The van der Waals surface area contributed by atoms with Crippen LogP contribution in [0.4, 0.5) is 17.1 Å². The zero-order valence-electron chi connectivity index (χ0n) is 28.9. The Labute approximate surface area is 305 Å². The van der Waals surface area contributed by atoms with E-state index in [4.69, 9.17) is 4.42 Å². The van der Waals surface area contributed by atoms with Gasteiger partial charge in [-0.1, -0.05) is 129 Å². The van der Waals surface area contributed by atoms with Crippen molar-refractivity contribution >= 4 is 81.3 Å². The molecule has 2 nitrogen and oxygen atoms in total. The molecule has 2 heterocycles. The number of anilines is 3. The maximum atomic E-state index is 7.18. The van der Waals surface area contributed by atoms with Crippen molar-refractivity contribution in [3.63, 3.8) is 0 Å². The van der Waals surface area contributed by atoms with Crippen LogP contribution < -0.4 is 4.90 Å². The Kier molecular flexibility index (Phi) is 6.21. The third kappa shape index (κ3) is 4.11. The third-order valence-electron chi connectivity index (χ3n) is 11.2. The Balaban J connectivity index is 1.20. The summed E-state index contributed by atoms with van der Waals surface area (Å²) in [6, 6.07) is 59.6. The zero-order chi connectivity index (χ0) is 34.6. The summed E-state index contributed by atoms with van der Waals surface area (Å²) in [6.45, 7) is 4.75. The van der Waals surface area contributed by atoms with Crippen molar-refractivity contribution in [3.05, 3.63) is 175 Å². The molecule has 0 atom stereocenters. The monoisotopic (exact) mass is 683 g/mol. The van der Waals surface area contributed by atoms with Crippen LogP contribution in [-0.4, -0.2) is 0 Å². The van der Waals surface area contributed by atoms with E-state index < -0.39 is 0 Å². The van der Waals surface area contributed by atoms with E-state index >= 15 is 0 Å². The van der Waals surface area contributed by atoms with Gasteiger partial charge in [0.1, 0.15) is 11.2 Å². The number of benzene rings is 8. The minimum Gasteiger partial charge on any atom is -0.455 e. The summed E-state index contributed by atoms with van der Waals surface area (Å²) < 4.78 is 9.79. The molecule has 8 aromatic carbocycles. The Morgan fingerprint density at radius 2 is 1.13 bits per heavy atom. The molecule has 52 heavy (non-hydrogen) atoms. The van der Waals surface area contributed by atoms with Crippen molar-refractivity contribution < 1.29 is 4.42 Å². The van der Waals surface area contributed by atoms with Crippen molar-refractivity contribution in [1.82, 2.24) is 0 Å². The summed E-state index contributed by atoms with van der Waals surface area (Å²) in [7, 11) is 0. The highest BCUT2D eigenvalue weighted by molar-refractivity contribution is 7.25. The molecular formula is C49H33NOS. The van der Waals surface area contributed by atoms with Crippen molar-refractivity contribution in [2.24, 2.45) is 0 Å². The van der Waals surface area contributed by atoms with Crippen LogP contribution in [0, 0.1) is 0 Å². The topological polar surface area (TPSA) is 16.4 Å². The second-order valence-corrected chi connectivity index (χ2v) is 15.5. The number of hydrogen-bond donors (Lipinski definition) is 0. The van der Waals surface area contributed by atoms with Gasteiger partial charge in [0.05, 0.1) is 0 Å². The predicted octanol–water partition coefficient (Wildman–Crippen LogP) is 14.6. The lowest BCUT2D eigenvalue weighted by Gasteiger charge is -2.27. The molecule has 0 aliphatic heterocycles. The molecule has 10 aromatic rings. The van der Waals surface area contributed by atoms with Crippen molar-refractivity contribution in [1.29, 1.82) is 0 Å². The summed E-state index contributed by atoms with van der Waals surface area (Å²) in [5, 5.41) is 7.46. The fraction of sp³-hybridized carbons (Fsp3) is 0.0612. The molecule has 0 fully saturated rings. The van der Waals surface area contributed by atoms with Gasteiger partial charge in [0.25, 0.3) is 0 Å². The van der Waals surface area contributed by atoms with Crippen molar-refractivity contribution in [2.45, 2.75) is 19.3 Å². The van der Waals surface area contributed by atoms with E-state index in [2.05, 4.69) is 183 Å². The van der Waals surface area contributed by atoms with Crippen LogP contribution >= 0.6 is 11.3 Å². The second kappa shape index (κ2) is 10.9. The van der Waals surface area contributed by atoms with Crippen LogP contribution in [0.3, 0.4) is 0 Å². The maximum absolute atomic E-state index is 7.18. The number of furan rings is 1. The molecule has 0 bridgehead atoms. The first kappa shape index (κ1) is 29.6. The average Bonchev–Trinajstić information content (AvgIpc) is 3.84. The zero-order valence-corrected chi connectivity index (χ0v) is 29.7. The van der Waals surface area contributed by atoms with E-state index in [0.717, 1.165) is 44.7 Å². The normalized spacial score (nSPS) is 13.3.